The summed E-state index contributed by atoms with van der Waals surface area (Å²) in [5, 5.41) is 2.93. The maximum Gasteiger partial charge on any atom is 0.245 e. The van der Waals surface area contributed by atoms with Crippen molar-refractivity contribution in [2.24, 2.45) is 11.8 Å². The van der Waals surface area contributed by atoms with Crippen molar-refractivity contribution in [3.8, 4) is 0 Å². The highest BCUT2D eigenvalue weighted by Crippen LogP contribution is 2.28. The van der Waals surface area contributed by atoms with Crippen LogP contribution in [0.25, 0.3) is 0 Å². The first-order valence-electron chi connectivity index (χ1n) is 8.12. The minimum absolute atomic E-state index is 0.0186. The zero-order valence-corrected chi connectivity index (χ0v) is 13.0. The Hall–Kier alpha value is -1.06. The summed E-state index contributed by atoms with van der Waals surface area (Å²) >= 11 is 0. The first-order valence-corrected chi connectivity index (χ1v) is 8.12. The molecule has 1 saturated carbocycles. The molecule has 4 heteroatoms. The van der Waals surface area contributed by atoms with Crippen LogP contribution in [0, 0.1) is 11.8 Å². The van der Waals surface area contributed by atoms with Crippen LogP contribution in [-0.4, -0.2) is 35.3 Å². The lowest BCUT2D eigenvalue weighted by Gasteiger charge is -2.32. The largest absolute Gasteiger partial charge is 0.344 e. The maximum atomic E-state index is 12.8. The number of nitrogens with one attached hydrogen (secondary N) is 1. The van der Waals surface area contributed by atoms with Crippen molar-refractivity contribution in [3.05, 3.63) is 0 Å². The number of hydrogen-bond donors (Lipinski definition) is 1. The predicted molar refractivity (Wildman–Crippen MR) is 79.1 cm³/mol. The van der Waals surface area contributed by atoms with E-state index in [1.54, 1.807) is 0 Å². The third-order valence-corrected chi connectivity index (χ3v) is 5.02. The van der Waals surface area contributed by atoms with E-state index in [0.717, 1.165) is 13.0 Å². The molecule has 0 aromatic carbocycles. The highest BCUT2D eigenvalue weighted by Gasteiger charge is 2.37. The Balaban J connectivity index is 2.13. The Kier molecular flexibility index (Phi) is 5.06. The zero-order valence-electron chi connectivity index (χ0n) is 13.0. The monoisotopic (exact) mass is 280 g/mol. The van der Waals surface area contributed by atoms with Crippen LogP contribution in [0.4, 0.5) is 0 Å². The van der Waals surface area contributed by atoms with E-state index >= 15 is 0 Å². The van der Waals surface area contributed by atoms with E-state index in [4.69, 9.17) is 0 Å². The molecule has 1 aliphatic heterocycles. The van der Waals surface area contributed by atoms with Gasteiger partial charge in [0.1, 0.15) is 6.04 Å². The Morgan fingerprint density at radius 1 is 1.30 bits per heavy atom. The summed E-state index contributed by atoms with van der Waals surface area (Å²) in [5.41, 5.74) is 0. The number of nitrogens with zero attached hydrogens (tertiary/aromatic N) is 1. The van der Waals surface area contributed by atoms with Crippen LogP contribution < -0.4 is 5.32 Å². The first kappa shape index (κ1) is 15.3. The van der Waals surface area contributed by atoms with Crippen LogP contribution in [0.15, 0.2) is 0 Å². The minimum atomic E-state index is -0.334. The molecule has 1 heterocycles. The molecule has 0 radical (unpaired) electrons. The van der Waals surface area contributed by atoms with Gasteiger partial charge in [-0.25, -0.2) is 0 Å². The van der Waals surface area contributed by atoms with E-state index in [9.17, 15) is 9.59 Å². The van der Waals surface area contributed by atoms with Gasteiger partial charge in [-0.05, 0) is 31.6 Å². The molecule has 2 fully saturated rings. The fourth-order valence-corrected chi connectivity index (χ4v) is 3.43. The van der Waals surface area contributed by atoms with Crippen LogP contribution >= 0.6 is 0 Å². The number of amides is 2. The molecule has 0 aromatic rings. The van der Waals surface area contributed by atoms with Gasteiger partial charge in [-0.1, -0.05) is 33.1 Å². The summed E-state index contributed by atoms with van der Waals surface area (Å²) in [6, 6.07) is -0.309. The Morgan fingerprint density at radius 3 is 2.55 bits per heavy atom. The van der Waals surface area contributed by atoms with Crippen molar-refractivity contribution in [3.63, 3.8) is 0 Å². The van der Waals surface area contributed by atoms with Crippen LogP contribution in [0.3, 0.4) is 0 Å². The van der Waals surface area contributed by atoms with E-state index in [-0.39, 0.29) is 29.8 Å². The third kappa shape index (κ3) is 3.33. The van der Waals surface area contributed by atoms with E-state index in [2.05, 4.69) is 12.2 Å². The number of carbonyl (C=O) groups excluding carboxylic acids is 2. The molecule has 1 aliphatic carbocycles. The molecule has 1 N–H and O–H groups in total. The minimum Gasteiger partial charge on any atom is -0.344 e. The topological polar surface area (TPSA) is 49.4 Å². The lowest BCUT2D eigenvalue weighted by atomic mass is 9.97. The van der Waals surface area contributed by atoms with Gasteiger partial charge in [0.25, 0.3) is 0 Å². The van der Waals surface area contributed by atoms with E-state index < -0.39 is 0 Å². The van der Waals surface area contributed by atoms with Gasteiger partial charge in [-0.15, -0.1) is 0 Å². The highest BCUT2D eigenvalue weighted by molar-refractivity contribution is 5.90. The van der Waals surface area contributed by atoms with Crippen molar-refractivity contribution in [2.75, 3.05) is 6.54 Å². The average Bonchev–Trinajstić information content (AvgIpc) is 2.89. The molecule has 2 amide bonds. The van der Waals surface area contributed by atoms with Gasteiger partial charge in [-0.3, -0.25) is 9.59 Å². The average molecular weight is 280 g/mol. The summed E-state index contributed by atoms with van der Waals surface area (Å²) < 4.78 is 0. The lowest BCUT2D eigenvalue weighted by Crippen LogP contribution is -2.50. The molecule has 0 aromatic heterocycles. The number of hydrogen-bond acceptors (Lipinski definition) is 2. The standard InChI is InChI=1S/C16H28N2O2/c1-4-11(2)15-16(20)18(10-13-7-5-6-8-13)12(3)9-14(19)17-15/h11-13,15H,4-10H2,1-3H3,(H,17,19). The van der Waals surface area contributed by atoms with Gasteiger partial charge in [0, 0.05) is 19.0 Å². The van der Waals surface area contributed by atoms with E-state index in [1.165, 1.54) is 25.7 Å². The SMILES string of the molecule is CCC(C)C1NC(=O)CC(C)N(CC2CCCC2)C1=O. The van der Waals surface area contributed by atoms with Crippen LogP contribution in [0.5, 0.6) is 0 Å². The maximum absolute atomic E-state index is 12.8. The van der Waals surface area contributed by atoms with Crippen molar-refractivity contribution in [2.45, 2.75) is 71.4 Å². The second kappa shape index (κ2) is 6.59. The van der Waals surface area contributed by atoms with Crippen molar-refractivity contribution in [1.82, 2.24) is 10.2 Å². The van der Waals surface area contributed by atoms with Gasteiger partial charge < -0.3 is 10.2 Å². The van der Waals surface area contributed by atoms with Crippen molar-refractivity contribution >= 4 is 11.8 Å². The zero-order chi connectivity index (χ0) is 14.7. The summed E-state index contributed by atoms with van der Waals surface area (Å²) in [6.45, 7) is 6.96. The molecule has 4 nitrogen and oxygen atoms in total. The smallest absolute Gasteiger partial charge is 0.245 e. The predicted octanol–water partition coefficient (Wildman–Crippen LogP) is 2.33. The molecule has 0 spiro atoms. The summed E-state index contributed by atoms with van der Waals surface area (Å²) in [7, 11) is 0. The fourth-order valence-electron chi connectivity index (χ4n) is 3.43. The first-order chi connectivity index (χ1) is 9.52. The molecule has 3 atom stereocenters. The number of rotatable bonds is 4. The molecule has 114 valence electrons. The Labute approximate surface area is 122 Å². The van der Waals surface area contributed by atoms with Gasteiger partial charge in [0.2, 0.25) is 11.8 Å². The second-order valence-corrected chi connectivity index (χ2v) is 6.62. The van der Waals surface area contributed by atoms with Gasteiger partial charge in [0.05, 0.1) is 0 Å². The Bertz CT molecular complexity index is 363. The normalized spacial score (nSPS) is 30.2. The van der Waals surface area contributed by atoms with Crippen molar-refractivity contribution < 1.29 is 9.59 Å². The molecular weight excluding hydrogens is 252 g/mol. The van der Waals surface area contributed by atoms with E-state index in [1.807, 2.05) is 18.7 Å². The third-order valence-electron chi connectivity index (χ3n) is 5.02. The molecule has 20 heavy (non-hydrogen) atoms. The molecule has 3 unspecified atom stereocenters. The molecule has 1 saturated heterocycles. The highest BCUT2D eigenvalue weighted by atomic mass is 16.2. The van der Waals surface area contributed by atoms with Crippen LogP contribution in [0.2, 0.25) is 0 Å². The lowest BCUT2D eigenvalue weighted by molar-refractivity contribution is -0.136. The summed E-state index contributed by atoms with van der Waals surface area (Å²) in [4.78, 5) is 26.7. The van der Waals surface area contributed by atoms with Gasteiger partial charge in [-0.2, -0.15) is 0 Å². The second-order valence-electron chi connectivity index (χ2n) is 6.62. The van der Waals surface area contributed by atoms with Crippen molar-refractivity contribution in [1.29, 1.82) is 0 Å². The Morgan fingerprint density at radius 2 is 1.95 bits per heavy atom. The quantitative estimate of drug-likeness (QED) is 0.859. The van der Waals surface area contributed by atoms with Crippen LogP contribution in [-0.2, 0) is 9.59 Å². The molecule has 2 rings (SSSR count). The van der Waals surface area contributed by atoms with Crippen LogP contribution in [0.1, 0.15) is 59.3 Å². The van der Waals surface area contributed by atoms with Gasteiger partial charge >= 0.3 is 0 Å². The van der Waals surface area contributed by atoms with Gasteiger partial charge in [0.15, 0.2) is 0 Å². The fraction of sp³-hybridized carbons (Fsp3) is 0.875. The molecular formula is C16H28N2O2. The molecule has 0 bridgehead atoms. The summed E-state index contributed by atoms with van der Waals surface area (Å²) in [6.07, 6.45) is 6.37. The molecule has 2 aliphatic rings. The summed E-state index contributed by atoms with van der Waals surface area (Å²) in [5.74, 6) is 0.977. The number of carbonyl (C=O) groups is 2. The van der Waals surface area contributed by atoms with E-state index in [0.29, 0.717) is 12.3 Å².